The Bertz CT molecular complexity index is 1050. The van der Waals surface area contributed by atoms with E-state index in [9.17, 15) is 9.18 Å². The normalized spacial score (nSPS) is 11.8. The molecule has 0 spiro atoms. The van der Waals surface area contributed by atoms with Crippen molar-refractivity contribution in [2.75, 3.05) is 18.7 Å². The van der Waals surface area contributed by atoms with Crippen LogP contribution in [-0.2, 0) is 0 Å². The van der Waals surface area contributed by atoms with Crippen molar-refractivity contribution in [3.05, 3.63) is 39.9 Å². The summed E-state index contributed by atoms with van der Waals surface area (Å²) in [5.41, 5.74) is 5.33. The van der Waals surface area contributed by atoms with E-state index in [1.165, 1.54) is 19.2 Å². The zero-order valence-corrected chi connectivity index (χ0v) is 12.4. The van der Waals surface area contributed by atoms with Crippen LogP contribution in [0.1, 0.15) is 0 Å². The Balaban J connectivity index is 2.28. The van der Waals surface area contributed by atoms with Crippen LogP contribution >= 0.6 is 0 Å². The van der Waals surface area contributed by atoms with E-state index in [4.69, 9.17) is 26.6 Å². The van der Waals surface area contributed by atoms with E-state index in [1.54, 1.807) is 0 Å². The van der Waals surface area contributed by atoms with E-state index in [-0.39, 0.29) is 39.4 Å². The van der Waals surface area contributed by atoms with E-state index >= 15 is 0 Å². The Hall–Kier alpha value is -3.63. The number of ether oxygens (including phenoxy) is 1. The molecule has 0 amide bonds. The predicted octanol–water partition coefficient (Wildman–Crippen LogP) is -0.730. The molecule has 0 aliphatic carbocycles. The van der Waals surface area contributed by atoms with Gasteiger partial charge < -0.3 is 26.6 Å². The molecule has 0 unspecified atom stereocenters. The molecule has 1 aromatic carbocycles. The third kappa shape index (κ3) is 2.37. The van der Waals surface area contributed by atoms with Crippen molar-refractivity contribution in [2.45, 2.75) is 0 Å². The third-order valence-electron chi connectivity index (χ3n) is 3.23. The van der Waals surface area contributed by atoms with Crippen LogP contribution in [0.4, 0.5) is 10.1 Å². The Morgan fingerprint density at radius 1 is 1.38 bits per heavy atom. The highest BCUT2D eigenvalue weighted by Gasteiger charge is 2.15. The van der Waals surface area contributed by atoms with Gasteiger partial charge in [0.05, 0.1) is 23.7 Å². The Kier molecular flexibility index (Phi) is 3.52. The second-order valence-corrected chi connectivity index (χ2v) is 4.69. The second-order valence-electron chi connectivity index (χ2n) is 4.69. The smallest absolute Gasteiger partial charge is 0.347 e. The third-order valence-corrected chi connectivity index (χ3v) is 3.23. The highest BCUT2D eigenvalue weighted by Crippen LogP contribution is 2.23. The molecule has 0 bridgehead atoms. The molecule has 24 heavy (non-hydrogen) atoms. The van der Waals surface area contributed by atoms with E-state index < -0.39 is 11.4 Å². The van der Waals surface area contributed by atoms with Crippen molar-refractivity contribution in [1.82, 2.24) is 14.9 Å². The topological polar surface area (TPSA) is 161 Å². The summed E-state index contributed by atoms with van der Waals surface area (Å²) in [6.07, 6.45) is 0. The number of hydrogen-bond donors (Lipinski definition) is 3. The van der Waals surface area contributed by atoms with Crippen LogP contribution in [0, 0.1) is 5.82 Å². The lowest BCUT2D eigenvalue weighted by molar-refractivity contribution is 0.387. The summed E-state index contributed by atoms with van der Waals surface area (Å²) in [4.78, 5) is 17.0. The van der Waals surface area contributed by atoms with Gasteiger partial charge in [0.1, 0.15) is 0 Å². The fourth-order valence-corrected chi connectivity index (χ4v) is 2.11. The minimum Gasteiger partial charge on any atom is -0.494 e. The molecule has 0 aliphatic rings. The molecule has 2 aromatic heterocycles. The number of rotatable bonds is 2. The van der Waals surface area contributed by atoms with Gasteiger partial charge in [-0.25, -0.2) is 14.2 Å². The van der Waals surface area contributed by atoms with Crippen LogP contribution in [0.5, 0.6) is 5.75 Å². The molecule has 3 aromatic rings. The largest absolute Gasteiger partial charge is 0.494 e. The first-order valence-corrected chi connectivity index (χ1v) is 6.52. The van der Waals surface area contributed by atoms with Crippen LogP contribution in [-0.4, -0.2) is 22.0 Å². The van der Waals surface area contributed by atoms with E-state index in [0.29, 0.717) is 0 Å². The van der Waals surface area contributed by atoms with Gasteiger partial charge in [-0.2, -0.15) is 9.89 Å². The zero-order chi connectivity index (χ0) is 17.4. The molecule has 124 valence electrons. The maximum absolute atomic E-state index is 13.7. The van der Waals surface area contributed by atoms with E-state index in [1.807, 2.05) is 0 Å². The quantitative estimate of drug-likeness (QED) is 0.408. The van der Waals surface area contributed by atoms with E-state index in [2.05, 4.69) is 15.2 Å². The summed E-state index contributed by atoms with van der Waals surface area (Å²) in [6, 6.07) is 3.60. The lowest BCUT2D eigenvalue weighted by atomic mass is 10.2. The van der Waals surface area contributed by atoms with Gasteiger partial charge in [-0.3, -0.25) is 0 Å². The Morgan fingerprint density at radius 2 is 2.12 bits per heavy atom. The van der Waals surface area contributed by atoms with Gasteiger partial charge in [-0.15, -0.1) is 5.10 Å². The molecule has 0 aliphatic heterocycles. The molecule has 0 radical (unpaired) electrons. The van der Waals surface area contributed by atoms with Crippen LogP contribution in [0.2, 0.25) is 0 Å². The monoisotopic (exact) mass is 333 g/mol. The summed E-state index contributed by atoms with van der Waals surface area (Å²) in [6.45, 7) is 0. The maximum atomic E-state index is 13.7. The van der Waals surface area contributed by atoms with Gasteiger partial charge >= 0.3 is 5.63 Å². The van der Waals surface area contributed by atoms with Crippen LogP contribution in [0.15, 0.2) is 32.5 Å². The molecule has 10 nitrogen and oxygen atoms in total. The Labute approximate surface area is 132 Å². The van der Waals surface area contributed by atoms with Gasteiger partial charge in [0.2, 0.25) is 5.49 Å². The standard InChI is InChI=1S/C13H12FN7O3/c1-23-10-4-8-5(2-6(10)14)13(22)24-12(18-8)9-3-7(15)11(19-16)21(17)20-9/h2-4H,15-17H2,1H3/b19-11-. The summed E-state index contributed by atoms with van der Waals surface area (Å²) in [5.74, 6) is 9.84. The van der Waals surface area contributed by atoms with Gasteiger partial charge in [-0.1, -0.05) is 0 Å². The number of halogens is 1. The predicted molar refractivity (Wildman–Crippen MR) is 82.3 cm³/mol. The van der Waals surface area contributed by atoms with Crippen molar-refractivity contribution in [3.8, 4) is 17.3 Å². The highest BCUT2D eigenvalue weighted by atomic mass is 19.1. The van der Waals surface area contributed by atoms with Gasteiger partial charge in [0, 0.05) is 6.07 Å². The van der Waals surface area contributed by atoms with Crippen LogP contribution in [0.25, 0.3) is 22.5 Å². The maximum Gasteiger partial charge on any atom is 0.347 e. The first-order chi connectivity index (χ1) is 11.4. The van der Waals surface area contributed by atoms with Crippen molar-refractivity contribution in [3.63, 3.8) is 0 Å². The summed E-state index contributed by atoms with van der Waals surface area (Å²) in [7, 11) is 1.30. The van der Waals surface area contributed by atoms with Crippen LogP contribution < -0.4 is 33.3 Å². The summed E-state index contributed by atoms with van der Waals surface area (Å²) in [5, 5.41) is 7.26. The molecule has 0 fully saturated rings. The number of hydrogen-bond acceptors (Lipinski definition) is 9. The van der Waals surface area contributed by atoms with Gasteiger partial charge in [0.25, 0.3) is 5.89 Å². The SMILES string of the molecule is COc1cc2nc(-c3cc(N)/c(=N/N)n(N)n3)oc(=O)c2cc1F. The highest BCUT2D eigenvalue weighted by molar-refractivity contribution is 5.80. The van der Waals surface area contributed by atoms with Crippen molar-refractivity contribution < 1.29 is 13.5 Å². The molecule has 11 heteroatoms. The summed E-state index contributed by atoms with van der Waals surface area (Å²) < 4.78 is 23.6. The number of benzene rings is 1. The number of methoxy groups -OCH3 is 1. The average molecular weight is 333 g/mol. The molecular formula is C13H12FN7O3. The number of nitrogens with two attached hydrogens (primary N) is 3. The van der Waals surface area contributed by atoms with Gasteiger partial charge in [-0.05, 0) is 12.1 Å². The van der Waals surface area contributed by atoms with Crippen molar-refractivity contribution in [2.24, 2.45) is 10.9 Å². The molecule has 6 N–H and O–H groups in total. The van der Waals surface area contributed by atoms with E-state index in [0.717, 1.165) is 10.9 Å². The molecule has 2 heterocycles. The van der Waals surface area contributed by atoms with Crippen molar-refractivity contribution >= 4 is 16.6 Å². The minimum absolute atomic E-state index is 0.0330. The Morgan fingerprint density at radius 3 is 2.75 bits per heavy atom. The van der Waals surface area contributed by atoms with Crippen molar-refractivity contribution in [1.29, 1.82) is 0 Å². The number of fused-ring (bicyclic) bond motifs is 1. The molecule has 0 atom stereocenters. The number of anilines is 1. The fraction of sp³-hybridized carbons (Fsp3) is 0.0769. The fourth-order valence-electron chi connectivity index (χ4n) is 2.11. The number of aromatic nitrogens is 3. The average Bonchev–Trinajstić information content (AvgIpc) is 2.54. The molecule has 0 saturated carbocycles. The first kappa shape index (κ1) is 15.3. The molecule has 3 rings (SSSR count). The zero-order valence-electron chi connectivity index (χ0n) is 12.4. The lowest BCUT2D eigenvalue weighted by Gasteiger charge is -2.07. The first-order valence-electron chi connectivity index (χ1n) is 6.52. The van der Waals surface area contributed by atoms with Gasteiger partial charge in [0.15, 0.2) is 17.3 Å². The van der Waals surface area contributed by atoms with Crippen LogP contribution in [0.3, 0.4) is 0 Å². The number of nitrogen functional groups attached to an aromatic ring is 2. The minimum atomic E-state index is -0.798. The number of nitrogens with zero attached hydrogens (tertiary/aromatic N) is 4. The summed E-state index contributed by atoms with van der Waals surface area (Å²) >= 11 is 0. The lowest BCUT2D eigenvalue weighted by Crippen LogP contribution is -2.34. The second kappa shape index (κ2) is 5.53. The molecule has 0 saturated heterocycles. The molecular weight excluding hydrogens is 321 g/mol.